The molecule has 0 aliphatic rings. The molecule has 0 radical (unpaired) electrons. The molecule has 1 rings (SSSR count). The van der Waals surface area contributed by atoms with Gasteiger partial charge in [-0.25, -0.2) is 0 Å². The summed E-state index contributed by atoms with van der Waals surface area (Å²) in [4.78, 5) is 10.3. The summed E-state index contributed by atoms with van der Waals surface area (Å²) in [5, 5.41) is 9.00. The van der Waals surface area contributed by atoms with E-state index in [0.717, 1.165) is 5.56 Å². The molecule has 0 fully saturated rings. The first-order chi connectivity index (χ1) is 7.11. The van der Waals surface area contributed by atoms with Crippen molar-refractivity contribution in [2.45, 2.75) is 19.8 Å². The summed E-state index contributed by atoms with van der Waals surface area (Å²) < 4.78 is 5.42. The van der Waals surface area contributed by atoms with Gasteiger partial charge in [0.05, 0.1) is 11.6 Å². The molecule has 15 heavy (non-hydrogen) atoms. The fourth-order valence-electron chi connectivity index (χ4n) is 1.20. The number of hydrogen-bond acceptors (Lipinski definition) is 2. The number of carboxylic acids is 1. The minimum absolute atomic E-state index is 0.115. The molecule has 0 aliphatic heterocycles. The number of para-hydroxylation sites is 1. The van der Waals surface area contributed by atoms with Gasteiger partial charge >= 0.3 is 5.97 Å². The van der Waals surface area contributed by atoms with E-state index in [1.807, 2.05) is 19.1 Å². The predicted octanol–water partition coefficient (Wildman–Crippen LogP) is 2.89. The van der Waals surface area contributed by atoms with Crippen LogP contribution in [0.15, 0.2) is 18.2 Å². The number of carboxylic acid groups (broad SMARTS) is 1. The second kappa shape index (κ2) is 5.61. The molecule has 0 heterocycles. The molecular formula is C11H13ClO3. The number of benzene rings is 1. The third-order valence-corrected chi connectivity index (χ3v) is 2.24. The zero-order valence-corrected chi connectivity index (χ0v) is 9.25. The van der Waals surface area contributed by atoms with Gasteiger partial charge in [0.15, 0.2) is 0 Å². The predicted molar refractivity (Wildman–Crippen MR) is 58.6 cm³/mol. The highest BCUT2D eigenvalue weighted by Crippen LogP contribution is 2.27. The van der Waals surface area contributed by atoms with E-state index in [9.17, 15) is 4.79 Å². The van der Waals surface area contributed by atoms with Gasteiger partial charge in [-0.2, -0.15) is 0 Å². The number of hydrogen-bond donors (Lipinski definition) is 1. The van der Waals surface area contributed by atoms with Gasteiger partial charge in [-0.15, -0.1) is 0 Å². The van der Waals surface area contributed by atoms with E-state index < -0.39 is 5.97 Å². The monoisotopic (exact) mass is 228 g/mol. The van der Waals surface area contributed by atoms with Crippen molar-refractivity contribution in [2.24, 2.45) is 0 Å². The van der Waals surface area contributed by atoms with Gasteiger partial charge in [-0.1, -0.05) is 23.7 Å². The van der Waals surface area contributed by atoms with Crippen LogP contribution in [0.3, 0.4) is 0 Å². The van der Waals surface area contributed by atoms with Crippen LogP contribution in [0.1, 0.15) is 18.4 Å². The molecule has 3 nitrogen and oxygen atoms in total. The molecule has 1 aromatic rings. The van der Waals surface area contributed by atoms with E-state index in [-0.39, 0.29) is 6.42 Å². The van der Waals surface area contributed by atoms with E-state index in [4.69, 9.17) is 21.4 Å². The highest BCUT2D eigenvalue weighted by molar-refractivity contribution is 6.32. The summed E-state index contributed by atoms with van der Waals surface area (Å²) in [5.74, 6) is -0.168. The molecule has 0 unspecified atom stereocenters. The Labute approximate surface area is 93.6 Å². The van der Waals surface area contributed by atoms with E-state index in [0.29, 0.717) is 23.8 Å². The van der Waals surface area contributed by atoms with Gasteiger partial charge in [-0.3, -0.25) is 4.79 Å². The van der Waals surface area contributed by atoms with Crippen LogP contribution in [-0.4, -0.2) is 17.7 Å². The van der Waals surface area contributed by atoms with Gasteiger partial charge < -0.3 is 9.84 Å². The van der Waals surface area contributed by atoms with Crippen molar-refractivity contribution in [1.82, 2.24) is 0 Å². The van der Waals surface area contributed by atoms with Gasteiger partial charge in [0, 0.05) is 6.42 Å². The first-order valence-electron chi connectivity index (χ1n) is 4.71. The molecule has 0 atom stereocenters. The molecule has 0 saturated carbocycles. The Hall–Kier alpha value is -1.22. The lowest BCUT2D eigenvalue weighted by Crippen LogP contribution is -2.03. The largest absolute Gasteiger partial charge is 0.492 e. The van der Waals surface area contributed by atoms with Crippen molar-refractivity contribution in [3.63, 3.8) is 0 Å². The molecule has 0 spiro atoms. The zero-order chi connectivity index (χ0) is 11.3. The number of aryl methyl sites for hydroxylation is 1. The molecule has 1 N–H and O–H groups in total. The summed E-state index contributed by atoms with van der Waals surface area (Å²) in [6.45, 7) is 2.27. The number of aliphatic carboxylic acids is 1. The molecule has 0 amide bonds. The van der Waals surface area contributed by atoms with E-state index in [1.54, 1.807) is 6.07 Å². The van der Waals surface area contributed by atoms with Crippen molar-refractivity contribution in [3.05, 3.63) is 28.8 Å². The topological polar surface area (TPSA) is 46.5 Å². The second-order valence-electron chi connectivity index (χ2n) is 3.23. The Kier molecular flexibility index (Phi) is 4.43. The second-order valence-corrected chi connectivity index (χ2v) is 3.64. The van der Waals surface area contributed by atoms with Crippen molar-refractivity contribution in [3.8, 4) is 5.75 Å². The van der Waals surface area contributed by atoms with Crippen molar-refractivity contribution >= 4 is 17.6 Å². The maximum absolute atomic E-state index is 10.3. The maximum atomic E-state index is 10.3. The van der Waals surface area contributed by atoms with Crippen LogP contribution in [-0.2, 0) is 4.79 Å². The summed E-state index contributed by atoms with van der Waals surface area (Å²) in [5.41, 5.74) is 0.956. The first-order valence-corrected chi connectivity index (χ1v) is 5.09. The van der Waals surface area contributed by atoms with Crippen molar-refractivity contribution in [1.29, 1.82) is 0 Å². The van der Waals surface area contributed by atoms with Crippen LogP contribution in [0, 0.1) is 6.92 Å². The number of rotatable bonds is 5. The van der Waals surface area contributed by atoms with Crippen molar-refractivity contribution in [2.75, 3.05) is 6.61 Å². The molecule has 82 valence electrons. The standard InChI is InChI=1S/C11H13ClO3/c1-8-4-2-5-9(12)11(8)15-7-3-6-10(13)14/h2,4-5H,3,6-7H2,1H3,(H,13,14). The summed E-state index contributed by atoms with van der Waals surface area (Å²) in [6, 6.07) is 5.50. The highest BCUT2D eigenvalue weighted by Gasteiger charge is 2.04. The minimum Gasteiger partial charge on any atom is -0.492 e. The summed E-state index contributed by atoms with van der Waals surface area (Å²) in [6.07, 6.45) is 0.601. The van der Waals surface area contributed by atoms with Crippen LogP contribution < -0.4 is 4.74 Å². The van der Waals surface area contributed by atoms with E-state index in [2.05, 4.69) is 0 Å². The van der Waals surface area contributed by atoms with Crippen LogP contribution in [0.5, 0.6) is 5.75 Å². The molecule has 0 aliphatic carbocycles. The maximum Gasteiger partial charge on any atom is 0.303 e. The third-order valence-electron chi connectivity index (χ3n) is 1.95. The van der Waals surface area contributed by atoms with Gasteiger partial charge in [0.1, 0.15) is 5.75 Å². The van der Waals surface area contributed by atoms with Crippen molar-refractivity contribution < 1.29 is 14.6 Å². The molecule has 0 saturated heterocycles. The van der Waals surface area contributed by atoms with Crippen LogP contribution in [0.25, 0.3) is 0 Å². The van der Waals surface area contributed by atoms with Crippen LogP contribution in [0.2, 0.25) is 5.02 Å². The Morgan fingerprint density at radius 2 is 2.27 bits per heavy atom. The van der Waals surface area contributed by atoms with E-state index in [1.165, 1.54) is 0 Å². The zero-order valence-electron chi connectivity index (χ0n) is 8.50. The fraction of sp³-hybridized carbons (Fsp3) is 0.364. The molecule has 4 heteroatoms. The quantitative estimate of drug-likeness (QED) is 0.789. The average Bonchev–Trinajstić information content (AvgIpc) is 2.15. The summed E-state index contributed by atoms with van der Waals surface area (Å²) in [7, 11) is 0. The molecule has 0 aromatic heterocycles. The first kappa shape index (κ1) is 11.9. The molecule has 1 aromatic carbocycles. The Bertz CT molecular complexity index is 329. The number of ether oxygens (including phenoxy) is 1. The Balaban J connectivity index is 2.47. The fourth-order valence-corrected chi connectivity index (χ4v) is 1.47. The normalized spacial score (nSPS) is 10.0. The lowest BCUT2D eigenvalue weighted by atomic mass is 10.2. The average molecular weight is 229 g/mol. The van der Waals surface area contributed by atoms with Crippen LogP contribution >= 0.6 is 11.6 Å². The Morgan fingerprint density at radius 1 is 1.53 bits per heavy atom. The van der Waals surface area contributed by atoms with Crippen LogP contribution in [0.4, 0.5) is 0 Å². The van der Waals surface area contributed by atoms with E-state index >= 15 is 0 Å². The molecule has 0 bridgehead atoms. The van der Waals surface area contributed by atoms with Gasteiger partial charge in [0.2, 0.25) is 0 Å². The number of halogens is 1. The van der Waals surface area contributed by atoms with Gasteiger partial charge in [-0.05, 0) is 25.0 Å². The smallest absolute Gasteiger partial charge is 0.303 e. The highest BCUT2D eigenvalue weighted by atomic mass is 35.5. The lowest BCUT2D eigenvalue weighted by molar-refractivity contribution is -0.137. The SMILES string of the molecule is Cc1cccc(Cl)c1OCCCC(=O)O. The molecular weight excluding hydrogens is 216 g/mol. The summed E-state index contributed by atoms with van der Waals surface area (Å²) >= 11 is 5.93. The number of carbonyl (C=O) groups is 1. The third kappa shape index (κ3) is 3.80. The Morgan fingerprint density at radius 3 is 2.87 bits per heavy atom. The lowest BCUT2D eigenvalue weighted by Gasteiger charge is -2.09. The minimum atomic E-state index is -0.811. The van der Waals surface area contributed by atoms with Gasteiger partial charge in [0.25, 0.3) is 0 Å².